The molecule has 0 unspecified atom stereocenters. The number of hydrogen-bond donors (Lipinski definition) is 1. The first-order valence-corrected chi connectivity index (χ1v) is 14.0. The van der Waals surface area contributed by atoms with E-state index in [0.29, 0.717) is 48.6 Å². The van der Waals surface area contributed by atoms with Crippen molar-refractivity contribution in [3.8, 4) is 11.1 Å². The molecule has 2 aliphatic rings. The highest BCUT2D eigenvalue weighted by atomic mass is 32.1. The molecule has 2 saturated heterocycles. The van der Waals surface area contributed by atoms with Gasteiger partial charge in [-0.15, -0.1) is 11.3 Å². The topological polar surface area (TPSA) is 73.7 Å². The number of halogens is 3. The minimum absolute atomic E-state index is 0.0682. The number of thiazole rings is 1. The van der Waals surface area contributed by atoms with E-state index >= 15 is 0 Å². The number of amides is 2. The molecule has 1 aromatic heterocycles. The number of carbonyl (C=O) groups excluding carboxylic acids is 2. The zero-order valence-corrected chi connectivity index (χ0v) is 22.2. The Morgan fingerprint density at radius 3 is 2.15 bits per heavy atom. The summed E-state index contributed by atoms with van der Waals surface area (Å²) in [7, 11) is 0. The van der Waals surface area contributed by atoms with E-state index in [1.807, 2.05) is 5.38 Å². The van der Waals surface area contributed by atoms with E-state index in [0.717, 1.165) is 42.8 Å². The molecule has 2 aliphatic heterocycles. The van der Waals surface area contributed by atoms with Gasteiger partial charge in [0.15, 0.2) is 0 Å². The smallest absolute Gasteiger partial charge is 0.396 e. The summed E-state index contributed by atoms with van der Waals surface area (Å²) in [6, 6.07) is 11.9. The van der Waals surface area contributed by atoms with Crippen molar-refractivity contribution in [3.05, 3.63) is 75.7 Å². The van der Waals surface area contributed by atoms with Gasteiger partial charge in [-0.2, -0.15) is 13.2 Å². The van der Waals surface area contributed by atoms with E-state index < -0.39 is 11.7 Å². The maximum Gasteiger partial charge on any atom is 0.416 e. The van der Waals surface area contributed by atoms with Crippen LogP contribution < -0.4 is 0 Å². The molecule has 6 nitrogen and oxygen atoms in total. The molecule has 0 bridgehead atoms. The Hall–Kier alpha value is -3.24. The van der Waals surface area contributed by atoms with Gasteiger partial charge >= 0.3 is 6.18 Å². The molecule has 2 aromatic carbocycles. The van der Waals surface area contributed by atoms with Gasteiger partial charge in [0.1, 0.15) is 5.69 Å². The molecule has 3 aromatic rings. The molecule has 1 N–H and O–H groups in total. The van der Waals surface area contributed by atoms with Crippen LogP contribution in [0.15, 0.2) is 53.9 Å². The zero-order valence-electron chi connectivity index (χ0n) is 21.4. The van der Waals surface area contributed by atoms with Crippen molar-refractivity contribution in [2.75, 3.05) is 32.8 Å². The minimum atomic E-state index is -4.42. The Bertz CT molecular complexity index is 1310. The fraction of sp³-hybridized carbons (Fsp3) is 0.414. The van der Waals surface area contributed by atoms with Crippen molar-refractivity contribution in [2.24, 2.45) is 5.92 Å². The predicted molar refractivity (Wildman–Crippen MR) is 143 cm³/mol. The SMILES string of the molecule is O=C(c1csc(C2CCN(C(=O)c3ccccc3-c3ccc(C(F)(F)F)cc3)CC2)n1)N1CCC(CO)CC1. The zero-order chi connectivity index (χ0) is 27.6. The highest BCUT2D eigenvalue weighted by Gasteiger charge is 2.31. The highest BCUT2D eigenvalue weighted by Crippen LogP contribution is 2.34. The fourth-order valence-corrected chi connectivity index (χ4v) is 6.28. The third-order valence-electron chi connectivity index (χ3n) is 7.71. The molecule has 206 valence electrons. The highest BCUT2D eigenvalue weighted by molar-refractivity contribution is 7.09. The number of aromatic nitrogens is 1. The van der Waals surface area contributed by atoms with Gasteiger partial charge in [-0.3, -0.25) is 9.59 Å². The molecular weight excluding hydrogens is 527 g/mol. The molecule has 2 amide bonds. The molecular formula is C29H30F3N3O3S. The molecule has 10 heteroatoms. The number of nitrogens with zero attached hydrogens (tertiary/aromatic N) is 3. The quantitative estimate of drug-likeness (QED) is 0.437. The lowest BCUT2D eigenvalue weighted by atomic mass is 9.94. The Labute approximate surface area is 229 Å². The predicted octanol–water partition coefficient (Wildman–Crippen LogP) is 5.69. The van der Waals surface area contributed by atoms with Crippen LogP contribution in [0.1, 0.15) is 63.0 Å². The van der Waals surface area contributed by atoms with Gasteiger partial charge in [-0.1, -0.05) is 30.3 Å². The van der Waals surface area contributed by atoms with Crippen LogP contribution in [0.25, 0.3) is 11.1 Å². The maximum atomic E-state index is 13.4. The van der Waals surface area contributed by atoms with Crippen molar-refractivity contribution in [3.63, 3.8) is 0 Å². The second-order valence-electron chi connectivity index (χ2n) is 10.2. The molecule has 0 saturated carbocycles. The summed E-state index contributed by atoms with van der Waals surface area (Å²) >= 11 is 1.48. The number of likely N-dealkylation sites (tertiary alicyclic amines) is 2. The van der Waals surface area contributed by atoms with E-state index in [1.54, 1.807) is 34.1 Å². The van der Waals surface area contributed by atoms with E-state index in [1.165, 1.54) is 23.5 Å². The molecule has 0 spiro atoms. The van der Waals surface area contributed by atoms with Gasteiger partial charge in [-0.05, 0) is 60.9 Å². The van der Waals surface area contributed by atoms with E-state index in [2.05, 4.69) is 4.98 Å². The first-order chi connectivity index (χ1) is 18.7. The largest absolute Gasteiger partial charge is 0.416 e. The van der Waals surface area contributed by atoms with Gasteiger partial charge < -0.3 is 14.9 Å². The first kappa shape index (κ1) is 27.3. The van der Waals surface area contributed by atoms with Crippen LogP contribution in [-0.4, -0.2) is 64.5 Å². The monoisotopic (exact) mass is 557 g/mol. The van der Waals surface area contributed by atoms with Crippen molar-refractivity contribution in [1.29, 1.82) is 0 Å². The van der Waals surface area contributed by atoms with Crippen LogP contribution in [0.4, 0.5) is 13.2 Å². The van der Waals surface area contributed by atoms with Gasteiger partial charge in [0, 0.05) is 49.6 Å². The molecule has 39 heavy (non-hydrogen) atoms. The van der Waals surface area contributed by atoms with Crippen molar-refractivity contribution in [2.45, 2.75) is 37.8 Å². The number of aliphatic hydroxyl groups excluding tert-OH is 1. The minimum Gasteiger partial charge on any atom is -0.396 e. The molecule has 2 fully saturated rings. The van der Waals surface area contributed by atoms with Crippen molar-refractivity contribution < 1.29 is 27.9 Å². The summed E-state index contributed by atoms with van der Waals surface area (Å²) in [6.45, 7) is 2.48. The third kappa shape index (κ3) is 6.01. The summed E-state index contributed by atoms with van der Waals surface area (Å²) < 4.78 is 39.0. The van der Waals surface area contributed by atoms with Crippen LogP contribution in [-0.2, 0) is 6.18 Å². The standard InChI is InChI=1S/C29H30F3N3O3S/c30-29(31,32)22-7-5-20(6-8-22)23-3-1-2-4-24(23)27(37)34-15-11-21(12-16-34)26-33-25(18-39-26)28(38)35-13-9-19(17-36)10-14-35/h1-8,18-19,21,36H,9-17H2. The summed E-state index contributed by atoms with van der Waals surface area (Å²) in [5.74, 6) is 0.201. The summed E-state index contributed by atoms with van der Waals surface area (Å²) in [6.07, 6.45) is -1.38. The molecule has 0 atom stereocenters. The number of aliphatic hydroxyl groups is 1. The van der Waals surface area contributed by atoms with Gasteiger partial charge in [0.25, 0.3) is 11.8 Å². The van der Waals surface area contributed by atoms with Crippen LogP contribution in [0.3, 0.4) is 0 Å². The van der Waals surface area contributed by atoms with Crippen LogP contribution >= 0.6 is 11.3 Å². The Balaban J connectivity index is 1.22. The van der Waals surface area contributed by atoms with Crippen molar-refractivity contribution in [1.82, 2.24) is 14.8 Å². The number of rotatable bonds is 5. The van der Waals surface area contributed by atoms with Gasteiger partial charge in [0.2, 0.25) is 0 Å². The number of carbonyl (C=O) groups is 2. The summed E-state index contributed by atoms with van der Waals surface area (Å²) in [4.78, 5) is 34.6. The molecule has 0 aliphatic carbocycles. The number of benzene rings is 2. The Kier molecular flexibility index (Phi) is 8.04. The Morgan fingerprint density at radius 1 is 0.897 bits per heavy atom. The number of hydrogen-bond acceptors (Lipinski definition) is 5. The second kappa shape index (κ2) is 11.5. The third-order valence-corrected chi connectivity index (χ3v) is 8.72. The summed E-state index contributed by atoms with van der Waals surface area (Å²) in [5, 5.41) is 12.0. The van der Waals surface area contributed by atoms with Gasteiger partial charge in [-0.25, -0.2) is 4.98 Å². The normalized spacial score (nSPS) is 17.4. The summed E-state index contributed by atoms with van der Waals surface area (Å²) in [5.41, 5.74) is 1.35. The van der Waals surface area contributed by atoms with E-state index in [-0.39, 0.29) is 30.3 Å². The average Bonchev–Trinajstić information content (AvgIpc) is 3.47. The van der Waals surface area contributed by atoms with Crippen LogP contribution in [0, 0.1) is 5.92 Å². The first-order valence-electron chi connectivity index (χ1n) is 13.2. The van der Waals surface area contributed by atoms with Crippen molar-refractivity contribution >= 4 is 23.2 Å². The molecule has 5 rings (SSSR count). The van der Waals surface area contributed by atoms with Crippen LogP contribution in [0.2, 0.25) is 0 Å². The molecule has 3 heterocycles. The Morgan fingerprint density at radius 2 is 1.51 bits per heavy atom. The molecule has 0 radical (unpaired) electrons. The lowest BCUT2D eigenvalue weighted by molar-refractivity contribution is -0.137. The van der Waals surface area contributed by atoms with E-state index in [4.69, 9.17) is 0 Å². The second-order valence-corrected chi connectivity index (χ2v) is 11.1. The van der Waals surface area contributed by atoms with Gasteiger partial charge in [0.05, 0.1) is 10.6 Å². The van der Waals surface area contributed by atoms with Crippen LogP contribution in [0.5, 0.6) is 0 Å². The fourth-order valence-electron chi connectivity index (χ4n) is 5.31. The average molecular weight is 558 g/mol. The lowest BCUT2D eigenvalue weighted by Crippen LogP contribution is -2.39. The lowest BCUT2D eigenvalue weighted by Gasteiger charge is -2.32. The van der Waals surface area contributed by atoms with E-state index in [9.17, 15) is 27.9 Å². The number of alkyl halides is 3. The maximum absolute atomic E-state index is 13.4. The number of piperidine rings is 2.